The summed E-state index contributed by atoms with van der Waals surface area (Å²) in [5.74, 6) is 0.657. The van der Waals surface area contributed by atoms with Crippen LogP contribution in [0.5, 0.6) is 0 Å². The molecule has 0 saturated heterocycles. The monoisotopic (exact) mass is 194 g/mol. The Morgan fingerprint density at radius 2 is 1.86 bits per heavy atom. The van der Waals surface area contributed by atoms with Gasteiger partial charge in [0.2, 0.25) is 0 Å². The SMILES string of the molecule is CCC(C)c1ccc(C(C)C)c(F)c1. The molecule has 0 aliphatic rings. The van der Waals surface area contributed by atoms with Crippen LogP contribution in [0.2, 0.25) is 0 Å². The molecule has 14 heavy (non-hydrogen) atoms. The van der Waals surface area contributed by atoms with E-state index in [-0.39, 0.29) is 11.7 Å². The predicted octanol–water partition coefficient (Wildman–Crippen LogP) is 4.46. The first kappa shape index (κ1) is 11.2. The molecule has 1 heteroatoms. The molecule has 0 radical (unpaired) electrons. The minimum absolute atomic E-state index is 0.0576. The van der Waals surface area contributed by atoms with E-state index in [0.29, 0.717) is 5.92 Å². The molecule has 1 rings (SSSR count). The van der Waals surface area contributed by atoms with Crippen molar-refractivity contribution < 1.29 is 4.39 Å². The lowest BCUT2D eigenvalue weighted by molar-refractivity contribution is 0.591. The second-order valence-electron chi connectivity index (χ2n) is 4.24. The van der Waals surface area contributed by atoms with Crippen LogP contribution in [0.4, 0.5) is 4.39 Å². The standard InChI is InChI=1S/C13H19F/c1-5-10(4)11-6-7-12(9(2)3)13(14)8-11/h6-10H,5H2,1-4H3. The molecule has 0 amide bonds. The van der Waals surface area contributed by atoms with Gasteiger partial charge in [0.25, 0.3) is 0 Å². The van der Waals surface area contributed by atoms with Crippen LogP contribution in [0.25, 0.3) is 0 Å². The molecule has 1 atom stereocenters. The zero-order valence-electron chi connectivity index (χ0n) is 9.47. The van der Waals surface area contributed by atoms with E-state index >= 15 is 0 Å². The average molecular weight is 194 g/mol. The first-order valence-electron chi connectivity index (χ1n) is 5.35. The fourth-order valence-electron chi connectivity index (χ4n) is 1.55. The molecule has 0 aliphatic carbocycles. The maximum absolute atomic E-state index is 13.6. The third-order valence-electron chi connectivity index (χ3n) is 2.83. The van der Waals surface area contributed by atoms with E-state index in [1.807, 2.05) is 26.0 Å². The van der Waals surface area contributed by atoms with Gasteiger partial charge in [-0.1, -0.05) is 39.8 Å². The highest BCUT2D eigenvalue weighted by Crippen LogP contribution is 2.24. The summed E-state index contributed by atoms with van der Waals surface area (Å²) in [5.41, 5.74) is 1.92. The van der Waals surface area contributed by atoms with E-state index in [2.05, 4.69) is 13.8 Å². The van der Waals surface area contributed by atoms with E-state index < -0.39 is 0 Å². The van der Waals surface area contributed by atoms with Gasteiger partial charge in [-0.2, -0.15) is 0 Å². The molecule has 0 nitrogen and oxygen atoms in total. The summed E-state index contributed by atoms with van der Waals surface area (Å²) in [6.45, 7) is 8.28. The number of halogens is 1. The van der Waals surface area contributed by atoms with E-state index in [0.717, 1.165) is 17.5 Å². The fourth-order valence-corrected chi connectivity index (χ4v) is 1.55. The van der Waals surface area contributed by atoms with Crippen molar-refractivity contribution in [1.29, 1.82) is 0 Å². The Morgan fingerprint density at radius 1 is 1.21 bits per heavy atom. The molecule has 1 aromatic carbocycles. The van der Waals surface area contributed by atoms with Gasteiger partial charge in [0, 0.05) is 0 Å². The summed E-state index contributed by atoms with van der Waals surface area (Å²) in [6.07, 6.45) is 1.06. The number of hydrogen-bond acceptors (Lipinski definition) is 0. The molecule has 78 valence electrons. The smallest absolute Gasteiger partial charge is 0.126 e. The highest BCUT2D eigenvalue weighted by Gasteiger charge is 2.09. The third-order valence-corrected chi connectivity index (χ3v) is 2.83. The molecular formula is C13H19F. The van der Waals surface area contributed by atoms with Crippen molar-refractivity contribution in [2.45, 2.75) is 46.0 Å². The van der Waals surface area contributed by atoms with Gasteiger partial charge in [-0.15, -0.1) is 0 Å². The first-order chi connectivity index (χ1) is 6.56. The van der Waals surface area contributed by atoms with E-state index in [1.165, 1.54) is 0 Å². The Kier molecular flexibility index (Phi) is 3.68. The number of rotatable bonds is 3. The largest absolute Gasteiger partial charge is 0.207 e. The predicted molar refractivity (Wildman–Crippen MR) is 59.2 cm³/mol. The second kappa shape index (κ2) is 4.59. The second-order valence-corrected chi connectivity index (χ2v) is 4.24. The Morgan fingerprint density at radius 3 is 2.29 bits per heavy atom. The lowest BCUT2D eigenvalue weighted by Crippen LogP contribution is -1.97. The fraction of sp³-hybridized carbons (Fsp3) is 0.538. The van der Waals surface area contributed by atoms with Gasteiger partial charge in [0.15, 0.2) is 0 Å². The quantitative estimate of drug-likeness (QED) is 0.666. The maximum Gasteiger partial charge on any atom is 0.126 e. The molecule has 0 spiro atoms. The number of hydrogen-bond donors (Lipinski definition) is 0. The van der Waals surface area contributed by atoms with Crippen LogP contribution in [0.3, 0.4) is 0 Å². The van der Waals surface area contributed by atoms with Gasteiger partial charge in [0.05, 0.1) is 0 Å². The highest BCUT2D eigenvalue weighted by molar-refractivity contribution is 5.28. The molecule has 0 aromatic heterocycles. The minimum Gasteiger partial charge on any atom is -0.207 e. The van der Waals surface area contributed by atoms with Crippen LogP contribution in [0.1, 0.15) is 57.1 Å². The molecule has 1 aromatic rings. The van der Waals surface area contributed by atoms with E-state index in [9.17, 15) is 4.39 Å². The Labute approximate surface area is 86.2 Å². The summed E-state index contributed by atoms with van der Waals surface area (Å²) in [4.78, 5) is 0. The Balaban J connectivity index is 3.00. The minimum atomic E-state index is -0.0576. The summed E-state index contributed by atoms with van der Waals surface area (Å²) < 4.78 is 13.6. The van der Waals surface area contributed by atoms with E-state index in [1.54, 1.807) is 6.07 Å². The van der Waals surface area contributed by atoms with Crippen LogP contribution < -0.4 is 0 Å². The topological polar surface area (TPSA) is 0 Å². The molecule has 0 aliphatic heterocycles. The molecular weight excluding hydrogens is 175 g/mol. The van der Waals surface area contributed by atoms with Crippen molar-refractivity contribution >= 4 is 0 Å². The Bertz CT molecular complexity index is 302. The van der Waals surface area contributed by atoms with Crippen molar-refractivity contribution in [3.05, 3.63) is 35.1 Å². The summed E-state index contributed by atoms with van der Waals surface area (Å²) >= 11 is 0. The van der Waals surface area contributed by atoms with Gasteiger partial charge in [-0.05, 0) is 35.4 Å². The Hall–Kier alpha value is -0.850. The lowest BCUT2D eigenvalue weighted by atomic mass is 9.94. The van der Waals surface area contributed by atoms with Crippen LogP contribution in [-0.4, -0.2) is 0 Å². The van der Waals surface area contributed by atoms with Gasteiger partial charge in [-0.25, -0.2) is 4.39 Å². The van der Waals surface area contributed by atoms with E-state index in [4.69, 9.17) is 0 Å². The van der Waals surface area contributed by atoms with Crippen molar-refractivity contribution in [3.8, 4) is 0 Å². The van der Waals surface area contributed by atoms with Crippen molar-refractivity contribution in [1.82, 2.24) is 0 Å². The maximum atomic E-state index is 13.6. The normalized spacial score (nSPS) is 13.3. The van der Waals surface area contributed by atoms with Crippen LogP contribution in [-0.2, 0) is 0 Å². The van der Waals surface area contributed by atoms with Crippen molar-refractivity contribution in [2.75, 3.05) is 0 Å². The summed E-state index contributed by atoms with van der Waals surface area (Å²) in [6, 6.07) is 5.65. The summed E-state index contributed by atoms with van der Waals surface area (Å²) in [7, 11) is 0. The van der Waals surface area contributed by atoms with Gasteiger partial charge in [-0.3, -0.25) is 0 Å². The molecule has 0 fully saturated rings. The van der Waals surface area contributed by atoms with Gasteiger partial charge < -0.3 is 0 Å². The van der Waals surface area contributed by atoms with Crippen LogP contribution in [0.15, 0.2) is 18.2 Å². The van der Waals surface area contributed by atoms with Gasteiger partial charge in [0.1, 0.15) is 5.82 Å². The lowest BCUT2D eigenvalue weighted by Gasteiger charge is -2.12. The third kappa shape index (κ3) is 2.34. The number of benzene rings is 1. The van der Waals surface area contributed by atoms with Crippen LogP contribution >= 0.6 is 0 Å². The van der Waals surface area contributed by atoms with Gasteiger partial charge >= 0.3 is 0 Å². The zero-order chi connectivity index (χ0) is 10.7. The molecule has 1 unspecified atom stereocenters. The first-order valence-corrected chi connectivity index (χ1v) is 5.35. The molecule has 0 saturated carbocycles. The molecule has 0 N–H and O–H groups in total. The van der Waals surface area contributed by atoms with Crippen molar-refractivity contribution in [2.24, 2.45) is 0 Å². The average Bonchev–Trinajstić information content (AvgIpc) is 2.15. The molecule has 0 bridgehead atoms. The zero-order valence-corrected chi connectivity index (χ0v) is 9.47. The van der Waals surface area contributed by atoms with Crippen molar-refractivity contribution in [3.63, 3.8) is 0 Å². The highest BCUT2D eigenvalue weighted by atomic mass is 19.1. The van der Waals surface area contributed by atoms with Crippen LogP contribution in [0, 0.1) is 5.82 Å². The summed E-state index contributed by atoms with van der Waals surface area (Å²) in [5, 5.41) is 0. The molecule has 0 heterocycles.